The van der Waals surface area contributed by atoms with Gasteiger partial charge in [-0.05, 0) is 30.5 Å². The normalized spacial score (nSPS) is 17.3. The Bertz CT molecular complexity index is 617. The maximum atomic E-state index is 12.3. The van der Waals surface area contributed by atoms with Crippen molar-refractivity contribution in [3.05, 3.63) is 29.6 Å². The van der Waals surface area contributed by atoms with E-state index in [1.807, 2.05) is 19.9 Å². The molecule has 1 saturated heterocycles. The summed E-state index contributed by atoms with van der Waals surface area (Å²) < 4.78 is 0. The van der Waals surface area contributed by atoms with Crippen LogP contribution in [0.1, 0.15) is 30.9 Å². The van der Waals surface area contributed by atoms with Gasteiger partial charge in [0.1, 0.15) is 6.04 Å². The number of imide groups is 1. The van der Waals surface area contributed by atoms with Crippen molar-refractivity contribution in [3.63, 3.8) is 0 Å². The van der Waals surface area contributed by atoms with E-state index in [0.717, 1.165) is 11.1 Å². The third-order valence-corrected chi connectivity index (χ3v) is 3.90. The summed E-state index contributed by atoms with van der Waals surface area (Å²) in [7, 11) is 1.69. The summed E-state index contributed by atoms with van der Waals surface area (Å²) in [5.74, 6) is -0.503. The molecule has 2 rings (SSSR count). The lowest BCUT2D eigenvalue weighted by Gasteiger charge is -2.19. The Labute approximate surface area is 135 Å². The molecule has 124 valence electrons. The minimum atomic E-state index is -0.762. The molecule has 1 aromatic rings. The van der Waals surface area contributed by atoms with E-state index in [2.05, 4.69) is 10.3 Å². The SMILES string of the molecule is CCCN1C(=O)N[C@@H](CC(=O)N(C)Cc2ccncc2C)C1=O. The van der Waals surface area contributed by atoms with Crippen molar-refractivity contribution in [2.75, 3.05) is 13.6 Å². The Morgan fingerprint density at radius 2 is 2.17 bits per heavy atom. The molecule has 0 unspecified atom stereocenters. The highest BCUT2D eigenvalue weighted by Crippen LogP contribution is 2.13. The van der Waals surface area contributed by atoms with Crippen LogP contribution in [0.2, 0.25) is 0 Å². The molecule has 0 bridgehead atoms. The average Bonchev–Trinajstić information content (AvgIpc) is 2.77. The summed E-state index contributed by atoms with van der Waals surface area (Å²) >= 11 is 0. The zero-order valence-electron chi connectivity index (χ0n) is 13.7. The molecule has 1 aliphatic heterocycles. The van der Waals surface area contributed by atoms with Crippen LogP contribution in [0.5, 0.6) is 0 Å². The van der Waals surface area contributed by atoms with Crippen LogP contribution in [0.4, 0.5) is 4.79 Å². The van der Waals surface area contributed by atoms with Crippen LogP contribution in [-0.2, 0) is 16.1 Å². The number of urea groups is 1. The molecule has 7 nitrogen and oxygen atoms in total. The second-order valence-corrected chi connectivity index (χ2v) is 5.75. The van der Waals surface area contributed by atoms with Crippen molar-refractivity contribution >= 4 is 17.8 Å². The highest BCUT2D eigenvalue weighted by molar-refractivity contribution is 6.05. The van der Waals surface area contributed by atoms with Gasteiger partial charge in [0.15, 0.2) is 0 Å². The number of hydrogen-bond acceptors (Lipinski definition) is 4. The quantitative estimate of drug-likeness (QED) is 0.795. The van der Waals surface area contributed by atoms with Gasteiger partial charge in [0.25, 0.3) is 5.91 Å². The van der Waals surface area contributed by atoms with E-state index < -0.39 is 12.1 Å². The monoisotopic (exact) mass is 318 g/mol. The number of nitrogens with one attached hydrogen (secondary N) is 1. The molecule has 0 saturated carbocycles. The number of pyridine rings is 1. The van der Waals surface area contributed by atoms with Crippen molar-refractivity contribution < 1.29 is 14.4 Å². The summed E-state index contributed by atoms with van der Waals surface area (Å²) in [5.41, 5.74) is 2.01. The standard InChI is InChI=1S/C16H22N4O3/c1-4-7-20-15(22)13(18-16(20)23)8-14(21)19(3)10-12-5-6-17-9-11(12)2/h5-6,9,13H,4,7-8,10H2,1-3H3,(H,18,23)/t13-/m0/s1. The van der Waals surface area contributed by atoms with Crippen molar-refractivity contribution in [1.82, 2.24) is 20.1 Å². The van der Waals surface area contributed by atoms with E-state index >= 15 is 0 Å². The molecular formula is C16H22N4O3. The Hall–Kier alpha value is -2.44. The first-order chi connectivity index (χ1) is 10.9. The van der Waals surface area contributed by atoms with Gasteiger partial charge in [-0.3, -0.25) is 19.5 Å². The first kappa shape index (κ1) is 16.9. The minimum absolute atomic E-state index is 0.0224. The topological polar surface area (TPSA) is 82.6 Å². The molecule has 0 radical (unpaired) electrons. The Morgan fingerprint density at radius 1 is 1.43 bits per heavy atom. The summed E-state index contributed by atoms with van der Waals surface area (Å²) in [6.07, 6.45) is 4.10. The molecule has 1 aromatic heterocycles. The lowest BCUT2D eigenvalue weighted by molar-refractivity contribution is -0.135. The maximum absolute atomic E-state index is 12.3. The smallest absolute Gasteiger partial charge is 0.324 e. The second kappa shape index (κ2) is 7.21. The van der Waals surface area contributed by atoms with Gasteiger partial charge >= 0.3 is 6.03 Å². The van der Waals surface area contributed by atoms with Crippen LogP contribution < -0.4 is 5.32 Å². The molecule has 0 spiro atoms. The third kappa shape index (κ3) is 3.85. The summed E-state index contributed by atoms with van der Waals surface area (Å²) in [6, 6.07) is 0.690. The average molecular weight is 318 g/mol. The van der Waals surface area contributed by atoms with Crippen molar-refractivity contribution in [1.29, 1.82) is 0 Å². The molecule has 1 atom stereocenters. The van der Waals surface area contributed by atoms with Gasteiger partial charge in [0.2, 0.25) is 5.91 Å². The molecule has 0 aliphatic carbocycles. The number of carbonyl (C=O) groups excluding carboxylic acids is 3. The predicted molar refractivity (Wildman–Crippen MR) is 84.4 cm³/mol. The molecule has 0 aromatic carbocycles. The van der Waals surface area contributed by atoms with Gasteiger partial charge in [-0.1, -0.05) is 6.92 Å². The molecular weight excluding hydrogens is 296 g/mol. The summed E-state index contributed by atoms with van der Waals surface area (Å²) in [6.45, 7) is 4.65. The molecule has 1 aliphatic rings. The Balaban J connectivity index is 1.95. The van der Waals surface area contributed by atoms with Crippen LogP contribution in [0.3, 0.4) is 0 Å². The van der Waals surface area contributed by atoms with Crippen LogP contribution in [0, 0.1) is 6.92 Å². The van der Waals surface area contributed by atoms with E-state index in [1.54, 1.807) is 24.3 Å². The number of aromatic nitrogens is 1. The minimum Gasteiger partial charge on any atom is -0.341 e. The van der Waals surface area contributed by atoms with E-state index in [-0.39, 0.29) is 18.2 Å². The highest BCUT2D eigenvalue weighted by atomic mass is 16.2. The zero-order chi connectivity index (χ0) is 17.0. The van der Waals surface area contributed by atoms with Crippen molar-refractivity contribution in [2.24, 2.45) is 0 Å². The fourth-order valence-electron chi connectivity index (χ4n) is 2.50. The first-order valence-electron chi connectivity index (χ1n) is 7.69. The Kier molecular flexibility index (Phi) is 5.31. The highest BCUT2D eigenvalue weighted by Gasteiger charge is 2.38. The van der Waals surface area contributed by atoms with E-state index in [4.69, 9.17) is 0 Å². The van der Waals surface area contributed by atoms with Gasteiger partial charge in [0, 0.05) is 32.5 Å². The largest absolute Gasteiger partial charge is 0.341 e. The number of amides is 4. The van der Waals surface area contributed by atoms with Gasteiger partial charge in [-0.25, -0.2) is 4.79 Å². The van der Waals surface area contributed by atoms with Crippen LogP contribution in [0.25, 0.3) is 0 Å². The number of hydrogen-bond donors (Lipinski definition) is 1. The molecule has 7 heteroatoms. The van der Waals surface area contributed by atoms with Crippen LogP contribution in [0.15, 0.2) is 18.5 Å². The van der Waals surface area contributed by atoms with Crippen molar-refractivity contribution in [2.45, 2.75) is 39.3 Å². The maximum Gasteiger partial charge on any atom is 0.324 e. The van der Waals surface area contributed by atoms with Gasteiger partial charge < -0.3 is 10.2 Å². The van der Waals surface area contributed by atoms with E-state index in [1.165, 1.54) is 4.90 Å². The predicted octanol–water partition coefficient (Wildman–Crippen LogP) is 1.07. The molecule has 2 heterocycles. The lowest BCUT2D eigenvalue weighted by Crippen LogP contribution is -2.37. The molecule has 1 fully saturated rings. The number of carbonyl (C=O) groups is 3. The van der Waals surface area contributed by atoms with Crippen LogP contribution >= 0.6 is 0 Å². The summed E-state index contributed by atoms with van der Waals surface area (Å²) in [4.78, 5) is 42.9. The number of rotatable bonds is 6. The van der Waals surface area contributed by atoms with Gasteiger partial charge in [-0.15, -0.1) is 0 Å². The summed E-state index contributed by atoms with van der Waals surface area (Å²) in [5, 5.41) is 2.58. The van der Waals surface area contributed by atoms with Crippen LogP contribution in [-0.4, -0.2) is 52.3 Å². The molecule has 23 heavy (non-hydrogen) atoms. The number of nitrogens with zero attached hydrogens (tertiary/aromatic N) is 3. The van der Waals surface area contributed by atoms with E-state index in [0.29, 0.717) is 19.5 Å². The Morgan fingerprint density at radius 3 is 2.83 bits per heavy atom. The zero-order valence-corrected chi connectivity index (χ0v) is 13.7. The number of aryl methyl sites for hydroxylation is 1. The van der Waals surface area contributed by atoms with Gasteiger partial charge in [0.05, 0.1) is 6.42 Å². The van der Waals surface area contributed by atoms with Crippen molar-refractivity contribution in [3.8, 4) is 0 Å². The lowest BCUT2D eigenvalue weighted by atomic mass is 10.1. The van der Waals surface area contributed by atoms with Gasteiger partial charge in [-0.2, -0.15) is 0 Å². The molecule has 4 amide bonds. The molecule has 1 N–H and O–H groups in total. The van der Waals surface area contributed by atoms with E-state index in [9.17, 15) is 14.4 Å². The first-order valence-corrected chi connectivity index (χ1v) is 7.69. The fraction of sp³-hybridized carbons (Fsp3) is 0.500. The third-order valence-electron chi connectivity index (χ3n) is 3.90. The fourth-order valence-corrected chi connectivity index (χ4v) is 2.50. The second-order valence-electron chi connectivity index (χ2n) is 5.75.